The number of rotatable bonds is 3. The van der Waals surface area contributed by atoms with E-state index >= 15 is 0 Å². The Morgan fingerprint density at radius 1 is 1.06 bits per heavy atom. The van der Waals surface area contributed by atoms with Crippen LogP contribution in [0.1, 0.15) is 31.2 Å². The molecule has 2 nitrogen and oxygen atoms in total. The van der Waals surface area contributed by atoms with Crippen molar-refractivity contribution in [3.8, 4) is 0 Å². The molecule has 0 fully saturated rings. The molecular weight excluding hydrogens is 210 g/mol. The molecule has 2 heteroatoms. The van der Waals surface area contributed by atoms with Gasteiger partial charge in [-0.1, -0.05) is 42.5 Å². The van der Waals surface area contributed by atoms with Gasteiger partial charge in [0, 0.05) is 12.6 Å². The molecule has 0 unspecified atom stereocenters. The lowest BCUT2D eigenvalue weighted by Crippen LogP contribution is -2.39. The van der Waals surface area contributed by atoms with E-state index in [2.05, 4.69) is 29.6 Å². The third-order valence-electron chi connectivity index (χ3n) is 3.32. The second kappa shape index (κ2) is 6.58. The third-order valence-corrected chi connectivity index (χ3v) is 3.32. The summed E-state index contributed by atoms with van der Waals surface area (Å²) < 4.78 is 0. The van der Waals surface area contributed by atoms with Gasteiger partial charge in [-0.05, 0) is 31.2 Å². The van der Waals surface area contributed by atoms with Crippen LogP contribution in [0.5, 0.6) is 0 Å². The molecule has 1 aliphatic rings. The van der Waals surface area contributed by atoms with E-state index in [0.29, 0.717) is 0 Å². The van der Waals surface area contributed by atoms with Crippen LogP contribution in [0.4, 0.5) is 0 Å². The van der Waals surface area contributed by atoms with E-state index in [1.807, 2.05) is 18.2 Å². The molecule has 0 amide bonds. The molecule has 0 aliphatic heterocycles. The van der Waals surface area contributed by atoms with Gasteiger partial charge in [0.25, 0.3) is 0 Å². The molecule has 2 atom stereocenters. The van der Waals surface area contributed by atoms with Gasteiger partial charge in [-0.15, -0.1) is 0 Å². The van der Waals surface area contributed by atoms with Gasteiger partial charge in [0.2, 0.25) is 0 Å². The monoisotopic (exact) mass is 231 g/mol. The molecule has 2 N–H and O–H groups in total. The summed E-state index contributed by atoms with van der Waals surface area (Å²) in [5.74, 6) is 0. The van der Waals surface area contributed by atoms with Gasteiger partial charge in [0.05, 0.1) is 6.10 Å². The van der Waals surface area contributed by atoms with Gasteiger partial charge in [-0.25, -0.2) is 0 Å². The molecule has 92 valence electrons. The summed E-state index contributed by atoms with van der Waals surface area (Å²) in [5.41, 5.74) is 1.28. The van der Waals surface area contributed by atoms with Crippen LogP contribution in [0.15, 0.2) is 42.5 Å². The molecule has 0 saturated heterocycles. The lowest BCUT2D eigenvalue weighted by atomic mass is 9.98. The van der Waals surface area contributed by atoms with Crippen molar-refractivity contribution in [3.63, 3.8) is 0 Å². The first kappa shape index (κ1) is 12.3. The Labute approximate surface area is 103 Å². The van der Waals surface area contributed by atoms with E-state index in [1.165, 1.54) is 5.56 Å². The normalized spacial score (nSPS) is 25.2. The van der Waals surface area contributed by atoms with Crippen molar-refractivity contribution in [2.75, 3.05) is 0 Å². The summed E-state index contributed by atoms with van der Waals surface area (Å²) in [4.78, 5) is 0. The van der Waals surface area contributed by atoms with Gasteiger partial charge in [-0.3, -0.25) is 0 Å². The Morgan fingerprint density at radius 2 is 1.76 bits per heavy atom. The van der Waals surface area contributed by atoms with Crippen molar-refractivity contribution in [3.05, 3.63) is 48.0 Å². The Balaban J connectivity index is 1.86. The fourth-order valence-corrected chi connectivity index (χ4v) is 2.25. The predicted molar refractivity (Wildman–Crippen MR) is 70.7 cm³/mol. The SMILES string of the molecule is O[C@@H]1CCC=CCC[C@H]1NCc1ccccc1. The summed E-state index contributed by atoms with van der Waals surface area (Å²) in [5, 5.41) is 13.5. The molecule has 1 aromatic rings. The van der Waals surface area contributed by atoms with Crippen molar-refractivity contribution in [1.29, 1.82) is 0 Å². The molecule has 1 aliphatic carbocycles. The van der Waals surface area contributed by atoms with E-state index in [0.717, 1.165) is 32.2 Å². The van der Waals surface area contributed by atoms with Crippen LogP contribution in [0.3, 0.4) is 0 Å². The highest BCUT2D eigenvalue weighted by atomic mass is 16.3. The molecule has 0 saturated carbocycles. The van der Waals surface area contributed by atoms with Crippen molar-refractivity contribution in [2.45, 2.75) is 44.4 Å². The average Bonchev–Trinajstić information content (AvgIpc) is 2.35. The van der Waals surface area contributed by atoms with E-state index in [-0.39, 0.29) is 12.1 Å². The zero-order chi connectivity index (χ0) is 11.9. The first-order chi connectivity index (χ1) is 8.36. The first-order valence-corrected chi connectivity index (χ1v) is 6.46. The molecule has 2 rings (SSSR count). The Kier molecular flexibility index (Phi) is 4.77. The van der Waals surface area contributed by atoms with E-state index in [9.17, 15) is 5.11 Å². The van der Waals surface area contributed by atoms with Crippen LogP contribution >= 0.6 is 0 Å². The van der Waals surface area contributed by atoms with E-state index in [1.54, 1.807) is 0 Å². The quantitative estimate of drug-likeness (QED) is 0.784. The number of benzene rings is 1. The van der Waals surface area contributed by atoms with Gasteiger partial charge >= 0.3 is 0 Å². The third kappa shape index (κ3) is 3.99. The Bertz CT molecular complexity index is 347. The number of hydrogen-bond donors (Lipinski definition) is 2. The maximum Gasteiger partial charge on any atom is 0.0696 e. The lowest BCUT2D eigenvalue weighted by Gasteiger charge is -2.25. The fraction of sp³-hybridized carbons (Fsp3) is 0.467. The standard InChI is InChI=1S/C15H21NO/c17-15-11-7-2-1-6-10-14(15)16-12-13-8-4-3-5-9-13/h1-5,8-9,14-17H,6-7,10-12H2/t14-,15-/m1/s1. The summed E-state index contributed by atoms with van der Waals surface area (Å²) in [6.45, 7) is 0.840. The molecule has 1 aromatic carbocycles. The highest BCUT2D eigenvalue weighted by Crippen LogP contribution is 2.14. The minimum atomic E-state index is -0.219. The zero-order valence-electron chi connectivity index (χ0n) is 10.2. The molecule has 0 bridgehead atoms. The highest BCUT2D eigenvalue weighted by Gasteiger charge is 2.18. The minimum Gasteiger partial charge on any atom is -0.391 e. The topological polar surface area (TPSA) is 32.3 Å². The lowest BCUT2D eigenvalue weighted by molar-refractivity contribution is 0.113. The molecule has 0 heterocycles. The average molecular weight is 231 g/mol. The molecular formula is C15H21NO. The molecule has 0 spiro atoms. The van der Waals surface area contributed by atoms with Crippen LogP contribution in [-0.2, 0) is 6.54 Å². The number of allylic oxidation sites excluding steroid dienone is 2. The largest absolute Gasteiger partial charge is 0.391 e. The first-order valence-electron chi connectivity index (χ1n) is 6.46. The van der Waals surface area contributed by atoms with Gasteiger partial charge in [-0.2, -0.15) is 0 Å². The maximum atomic E-state index is 10.1. The van der Waals surface area contributed by atoms with Gasteiger partial charge in [0.15, 0.2) is 0 Å². The Morgan fingerprint density at radius 3 is 2.53 bits per heavy atom. The molecule has 0 radical (unpaired) electrons. The second-order valence-corrected chi connectivity index (χ2v) is 4.67. The van der Waals surface area contributed by atoms with Crippen LogP contribution < -0.4 is 5.32 Å². The zero-order valence-corrected chi connectivity index (χ0v) is 10.2. The second-order valence-electron chi connectivity index (χ2n) is 4.67. The van der Waals surface area contributed by atoms with Gasteiger partial charge < -0.3 is 10.4 Å². The fourth-order valence-electron chi connectivity index (χ4n) is 2.25. The van der Waals surface area contributed by atoms with Crippen molar-refractivity contribution in [1.82, 2.24) is 5.32 Å². The summed E-state index contributed by atoms with van der Waals surface area (Å²) in [7, 11) is 0. The van der Waals surface area contributed by atoms with Crippen LogP contribution in [0.2, 0.25) is 0 Å². The highest BCUT2D eigenvalue weighted by molar-refractivity contribution is 5.14. The number of nitrogens with one attached hydrogen (secondary N) is 1. The smallest absolute Gasteiger partial charge is 0.0696 e. The van der Waals surface area contributed by atoms with E-state index < -0.39 is 0 Å². The van der Waals surface area contributed by atoms with Crippen LogP contribution in [0.25, 0.3) is 0 Å². The summed E-state index contributed by atoms with van der Waals surface area (Å²) in [6, 6.07) is 10.6. The molecule has 0 aromatic heterocycles. The minimum absolute atomic E-state index is 0.219. The van der Waals surface area contributed by atoms with Crippen molar-refractivity contribution >= 4 is 0 Å². The summed E-state index contributed by atoms with van der Waals surface area (Å²) >= 11 is 0. The van der Waals surface area contributed by atoms with Crippen LogP contribution in [-0.4, -0.2) is 17.3 Å². The number of hydrogen-bond acceptors (Lipinski definition) is 2. The Hall–Kier alpha value is -1.12. The van der Waals surface area contributed by atoms with Crippen molar-refractivity contribution in [2.24, 2.45) is 0 Å². The van der Waals surface area contributed by atoms with Crippen LogP contribution in [0, 0.1) is 0 Å². The van der Waals surface area contributed by atoms with Crippen molar-refractivity contribution < 1.29 is 5.11 Å². The predicted octanol–water partition coefficient (Wildman–Crippen LogP) is 2.64. The molecule has 17 heavy (non-hydrogen) atoms. The summed E-state index contributed by atoms with van der Waals surface area (Å²) in [6.07, 6.45) is 8.12. The number of aliphatic hydroxyl groups is 1. The van der Waals surface area contributed by atoms with E-state index in [4.69, 9.17) is 0 Å². The van der Waals surface area contributed by atoms with Gasteiger partial charge in [0.1, 0.15) is 0 Å². The number of aliphatic hydroxyl groups excluding tert-OH is 1. The maximum absolute atomic E-state index is 10.1.